The lowest BCUT2D eigenvalue weighted by atomic mass is 10.2. The van der Waals surface area contributed by atoms with Gasteiger partial charge in [-0.3, -0.25) is 9.59 Å². The number of benzene rings is 3. The van der Waals surface area contributed by atoms with Crippen molar-refractivity contribution in [1.29, 1.82) is 0 Å². The zero-order valence-corrected chi connectivity index (χ0v) is 21.1. The van der Waals surface area contributed by atoms with Crippen LogP contribution in [-0.2, 0) is 4.79 Å². The van der Waals surface area contributed by atoms with Gasteiger partial charge < -0.3 is 14.8 Å². The standard InChI is InChI=1S/C24H21Br2N3O4/c1-15-6-3-4-9-21(15)28-22(30)14-33-23-19(25)10-16(11-20(23)26)13-27-29-24(31)17-7-5-8-18(12-17)32-2/h3-13H,14H2,1-2H3,(H,28,30)(H,29,31)/b27-13+. The number of hydrazone groups is 1. The molecule has 0 aliphatic rings. The first-order valence-electron chi connectivity index (χ1n) is 9.82. The minimum atomic E-state index is -0.358. The molecule has 0 radical (unpaired) electrons. The number of para-hydroxylation sites is 1. The topological polar surface area (TPSA) is 89.0 Å². The first-order chi connectivity index (χ1) is 15.9. The summed E-state index contributed by atoms with van der Waals surface area (Å²) in [5, 5.41) is 6.83. The van der Waals surface area contributed by atoms with Crippen LogP contribution >= 0.6 is 31.9 Å². The van der Waals surface area contributed by atoms with Crippen LogP contribution in [0, 0.1) is 6.92 Å². The van der Waals surface area contributed by atoms with E-state index in [2.05, 4.69) is 47.7 Å². The molecule has 3 rings (SSSR count). The van der Waals surface area contributed by atoms with Crippen LogP contribution in [0.3, 0.4) is 0 Å². The minimum Gasteiger partial charge on any atom is -0.497 e. The lowest BCUT2D eigenvalue weighted by molar-refractivity contribution is -0.118. The highest BCUT2D eigenvalue weighted by molar-refractivity contribution is 9.11. The SMILES string of the molecule is COc1cccc(C(=O)N/N=C/c2cc(Br)c(OCC(=O)Nc3ccccc3C)c(Br)c2)c1. The molecular weight excluding hydrogens is 554 g/mol. The molecule has 170 valence electrons. The lowest BCUT2D eigenvalue weighted by Gasteiger charge is -2.12. The Morgan fingerprint density at radius 2 is 1.76 bits per heavy atom. The summed E-state index contributed by atoms with van der Waals surface area (Å²) in [6.07, 6.45) is 1.50. The Kier molecular flexibility index (Phi) is 8.62. The Morgan fingerprint density at radius 3 is 2.45 bits per heavy atom. The predicted molar refractivity (Wildman–Crippen MR) is 135 cm³/mol. The van der Waals surface area contributed by atoms with E-state index in [1.807, 2.05) is 31.2 Å². The Hall–Kier alpha value is -3.17. The van der Waals surface area contributed by atoms with Gasteiger partial charge in [0.2, 0.25) is 0 Å². The van der Waals surface area contributed by atoms with Crippen LogP contribution in [0.5, 0.6) is 11.5 Å². The van der Waals surface area contributed by atoms with Gasteiger partial charge in [-0.1, -0.05) is 24.3 Å². The number of ether oxygens (including phenoxy) is 2. The highest BCUT2D eigenvalue weighted by Gasteiger charge is 2.12. The zero-order chi connectivity index (χ0) is 23.8. The van der Waals surface area contributed by atoms with Gasteiger partial charge in [0.15, 0.2) is 6.61 Å². The summed E-state index contributed by atoms with van der Waals surface area (Å²) in [4.78, 5) is 24.5. The molecule has 9 heteroatoms. The van der Waals surface area contributed by atoms with Gasteiger partial charge in [-0.2, -0.15) is 5.10 Å². The number of amides is 2. The predicted octanol–water partition coefficient (Wildman–Crippen LogP) is 5.31. The van der Waals surface area contributed by atoms with Gasteiger partial charge in [0.05, 0.1) is 22.3 Å². The molecule has 0 aliphatic heterocycles. The zero-order valence-electron chi connectivity index (χ0n) is 17.9. The molecule has 2 amide bonds. The number of nitrogens with one attached hydrogen (secondary N) is 2. The van der Waals surface area contributed by atoms with Crippen molar-refractivity contribution in [2.24, 2.45) is 5.10 Å². The number of aryl methyl sites for hydroxylation is 1. The third-order valence-corrected chi connectivity index (χ3v) is 5.68. The molecule has 7 nitrogen and oxygen atoms in total. The van der Waals surface area contributed by atoms with Gasteiger partial charge >= 0.3 is 0 Å². The molecule has 33 heavy (non-hydrogen) atoms. The maximum absolute atomic E-state index is 12.3. The molecule has 0 heterocycles. The number of methoxy groups -OCH3 is 1. The van der Waals surface area contributed by atoms with Crippen molar-refractivity contribution in [3.05, 3.63) is 86.3 Å². The Labute approximate surface area is 208 Å². The first kappa shape index (κ1) is 24.5. The fraction of sp³-hybridized carbons (Fsp3) is 0.125. The van der Waals surface area contributed by atoms with Crippen LogP contribution in [0.4, 0.5) is 5.69 Å². The third kappa shape index (κ3) is 6.90. The maximum Gasteiger partial charge on any atom is 0.271 e. The van der Waals surface area contributed by atoms with Crippen molar-refractivity contribution in [2.75, 3.05) is 19.0 Å². The maximum atomic E-state index is 12.3. The Morgan fingerprint density at radius 1 is 1.03 bits per heavy atom. The quantitative estimate of drug-likeness (QED) is 0.282. The number of hydrogen-bond acceptors (Lipinski definition) is 5. The molecule has 3 aromatic carbocycles. The smallest absolute Gasteiger partial charge is 0.271 e. The van der Waals surface area contributed by atoms with E-state index >= 15 is 0 Å². The monoisotopic (exact) mass is 573 g/mol. The molecule has 0 saturated heterocycles. The summed E-state index contributed by atoms with van der Waals surface area (Å²) in [6, 6.07) is 17.8. The van der Waals surface area contributed by atoms with Crippen molar-refractivity contribution >= 4 is 55.6 Å². The molecule has 3 aromatic rings. The third-order valence-electron chi connectivity index (χ3n) is 4.50. The molecular formula is C24H21Br2N3O4. The normalized spacial score (nSPS) is 10.7. The van der Waals surface area contributed by atoms with Crippen LogP contribution < -0.4 is 20.2 Å². The molecule has 0 unspecified atom stereocenters. The van der Waals surface area contributed by atoms with Gasteiger partial charge in [-0.25, -0.2) is 5.43 Å². The van der Waals surface area contributed by atoms with Crippen molar-refractivity contribution < 1.29 is 19.1 Å². The van der Waals surface area contributed by atoms with Crippen LogP contribution in [-0.4, -0.2) is 31.7 Å². The number of rotatable bonds is 8. The van der Waals surface area contributed by atoms with Crippen molar-refractivity contribution in [3.8, 4) is 11.5 Å². The van der Waals surface area contributed by atoms with Gasteiger partial charge in [0.25, 0.3) is 11.8 Å². The van der Waals surface area contributed by atoms with E-state index < -0.39 is 0 Å². The number of nitrogens with zero attached hydrogens (tertiary/aromatic N) is 1. The first-order valence-corrected chi connectivity index (χ1v) is 11.4. The molecule has 0 spiro atoms. The second-order valence-corrected chi connectivity index (χ2v) is 8.61. The van der Waals surface area contributed by atoms with Crippen molar-refractivity contribution in [2.45, 2.75) is 6.92 Å². The minimum absolute atomic E-state index is 0.157. The Balaban J connectivity index is 1.59. The summed E-state index contributed by atoms with van der Waals surface area (Å²) >= 11 is 6.90. The van der Waals surface area contributed by atoms with Gasteiger partial charge in [0.1, 0.15) is 11.5 Å². The van der Waals surface area contributed by atoms with Crippen molar-refractivity contribution in [3.63, 3.8) is 0 Å². The van der Waals surface area contributed by atoms with E-state index in [0.717, 1.165) is 11.3 Å². The second-order valence-electron chi connectivity index (χ2n) is 6.90. The number of carbonyl (C=O) groups is 2. The molecule has 0 bridgehead atoms. The average molecular weight is 575 g/mol. The fourth-order valence-corrected chi connectivity index (χ4v) is 4.27. The molecule has 0 saturated carbocycles. The van der Waals surface area contributed by atoms with Crippen molar-refractivity contribution in [1.82, 2.24) is 5.43 Å². The molecule has 2 N–H and O–H groups in total. The molecule has 0 fully saturated rings. The molecule has 0 atom stereocenters. The lowest BCUT2D eigenvalue weighted by Crippen LogP contribution is -2.21. The van der Waals surface area contributed by atoms with E-state index in [1.54, 1.807) is 36.4 Å². The van der Waals surface area contributed by atoms with Gasteiger partial charge in [0, 0.05) is 11.3 Å². The van der Waals surface area contributed by atoms with E-state index in [0.29, 0.717) is 31.6 Å². The summed E-state index contributed by atoms with van der Waals surface area (Å²) < 4.78 is 12.1. The summed E-state index contributed by atoms with van der Waals surface area (Å²) in [6.45, 7) is 1.76. The van der Waals surface area contributed by atoms with Crippen LogP contribution in [0.2, 0.25) is 0 Å². The number of carbonyl (C=O) groups excluding carboxylic acids is 2. The second kappa shape index (κ2) is 11.6. The van der Waals surface area contributed by atoms with Gasteiger partial charge in [-0.05, 0) is 86.3 Å². The number of anilines is 1. The van der Waals surface area contributed by atoms with E-state index in [1.165, 1.54) is 13.3 Å². The fourth-order valence-electron chi connectivity index (χ4n) is 2.82. The number of halogens is 2. The van der Waals surface area contributed by atoms with Crippen LogP contribution in [0.15, 0.2) is 74.7 Å². The van der Waals surface area contributed by atoms with E-state index in [9.17, 15) is 9.59 Å². The Bertz CT molecular complexity index is 1170. The summed E-state index contributed by atoms with van der Waals surface area (Å²) in [5.74, 6) is 0.437. The highest BCUT2D eigenvalue weighted by atomic mass is 79.9. The van der Waals surface area contributed by atoms with E-state index in [4.69, 9.17) is 9.47 Å². The summed E-state index contributed by atoms with van der Waals surface area (Å²) in [7, 11) is 1.54. The van der Waals surface area contributed by atoms with Crippen LogP contribution in [0.1, 0.15) is 21.5 Å². The largest absolute Gasteiger partial charge is 0.497 e. The van der Waals surface area contributed by atoms with Crippen LogP contribution in [0.25, 0.3) is 0 Å². The van der Waals surface area contributed by atoms with Gasteiger partial charge in [-0.15, -0.1) is 0 Å². The summed E-state index contributed by atoms with van der Waals surface area (Å²) in [5.41, 5.74) is 5.33. The van der Waals surface area contributed by atoms with E-state index in [-0.39, 0.29) is 18.4 Å². The highest BCUT2D eigenvalue weighted by Crippen LogP contribution is 2.34. The molecule has 0 aliphatic carbocycles. The molecule has 0 aromatic heterocycles. The number of hydrogen-bond donors (Lipinski definition) is 2. The average Bonchev–Trinajstić information content (AvgIpc) is 2.80.